The maximum atomic E-state index is 12.0. The van der Waals surface area contributed by atoms with Crippen LogP contribution in [-0.2, 0) is 14.3 Å². The van der Waals surface area contributed by atoms with E-state index in [-0.39, 0.29) is 18.6 Å². The second-order valence-electron chi connectivity index (χ2n) is 5.27. The molecule has 1 saturated heterocycles. The van der Waals surface area contributed by atoms with Gasteiger partial charge in [-0.3, -0.25) is 4.79 Å². The number of para-hydroxylation sites is 2. The van der Waals surface area contributed by atoms with Crippen LogP contribution in [0, 0.1) is 0 Å². The predicted molar refractivity (Wildman–Crippen MR) is 74.9 cm³/mol. The van der Waals surface area contributed by atoms with E-state index in [0.717, 1.165) is 0 Å². The number of carbonyl (C=O) groups excluding carboxylic acids is 1. The van der Waals surface area contributed by atoms with Crippen LogP contribution < -0.4 is 14.8 Å². The summed E-state index contributed by atoms with van der Waals surface area (Å²) in [6.07, 6.45) is -1.12. The van der Waals surface area contributed by atoms with Gasteiger partial charge in [-0.15, -0.1) is 0 Å². The second kappa shape index (κ2) is 6.23. The molecule has 22 heavy (non-hydrogen) atoms. The van der Waals surface area contributed by atoms with E-state index in [2.05, 4.69) is 5.32 Å². The number of nitrogens with one attached hydrogen (secondary N) is 1. The van der Waals surface area contributed by atoms with Gasteiger partial charge in [0.1, 0.15) is 18.8 Å². The number of carboxylic acids is 1. The molecule has 0 bridgehead atoms. The molecule has 2 N–H and O–H groups in total. The molecule has 1 aromatic rings. The van der Waals surface area contributed by atoms with Gasteiger partial charge < -0.3 is 24.6 Å². The summed E-state index contributed by atoms with van der Waals surface area (Å²) < 4.78 is 16.5. The summed E-state index contributed by atoms with van der Waals surface area (Å²) in [6.45, 7) is 0.630. The highest BCUT2D eigenvalue weighted by Gasteiger charge is 2.35. The van der Waals surface area contributed by atoms with Crippen molar-refractivity contribution in [2.75, 3.05) is 13.2 Å². The Morgan fingerprint density at radius 1 is 1.18 bits per heavy atom. The number of hydrogen-bond donors (Lipinski definition) is 2. The molecule has 2 aliphatic rings. The van der Waals surface area contributed by atoms with Crippen molar-refractivity contribution in [2.24, 2.45) is 0 Å². The molecule has 0 aromatic heterocycles. The quantitative estimate of drug-likeness (QED) is 0.845. The fourth-order valence-electron chi connectivity index (χ4n) is 2.50. The molecule has 0 radical (unpaired) electrons. The van der Waals surface area contributed by atoms with Gasteiger partial charge in [0.2, 0.25) is 5.91 Å². The molecule has 3 atom stereocenters. The van der Waals surface area contributed by atoms with Gasteiger partial charge in [-0.05, 0) is 25.0 Å². The lowest BCUT2D eigenvalue weighted by atomic mass is 10.2. The van der Waals surface area contributed by atoms with Crippen molar-refractivity contribution in [1.82, 2.24) is 5.32 Å². The summed E-state index contributed by atoms with van der Waals surface area (Å²) in [5.41, 5.74) is 0. The normalized spacial score (nSPS) is 26.5. The molecule has 2 aliphatic heterocycles. The molecule has 2 heterocycles. The summed E-state index contributed by atoms with van der Waals surface area (Å²) in [5, 5.41) is 11.6. The molecule has 1 aromatic carbocycles. The van der Waals surface area contributed by atoms with E-state index in [1.807, 2.05) is 18.2 Å². The third-order valence-corrected chi connectivity index (χ3v) is 3.66. The van der Waals surface area contributed by atoms with Crippen LogP contribution in [0.15, 0.2) is 24.3 Å². The molecule has 0 aliphatic carbocycles. The number of hydrogen-bond acceptors (Lipinski definition) is 5. The van der Waals surface area contributed by atoms with E-state index in [9.17, 15) is 9.59 Å². The van der Waals surface area contributed by atoms with Crippen molar-refractivity contribution in [2.45, 2.75) is 31.2 Å². The lowest BCUT2D eigenvalue weighted by Crippen LogP contribution is -2.44. The zero-order chi connectivity index (χ0) is 15.5. The fraction of sp³-hybridized carbons (Fsp3) is 0.467. The largest absolute Gasteiger partial charge is 0.486 e. The van der Waals surface area contributed by atoms with Crippen molar-refractivity contribution in [3.8, 4) is 11.5 Å². The first-order chi connectivity index (χ1) is 10.6. The third-order valence-electron chi connectivity index (χ3n) is 3.66. The van der Waals surface area contributed by atoms with E-state index in [1.54, 1.807) is 6.07 Å². The minimum atomic E-state index is -1.03. The lowest BCUT2D eigenvalue weighted by molar-refractivity contribution is -0.151. The Kier molecular flexibility index (Phi) is 4.15. The molecule has 1 fully saturated rings. The number of fused-ring (bicyclic) bond motifs is 1. The molecule has 7 nitrogen and oxygen atoms in total. The van der Waals surface area contributed by atoms with Crippen LogP contribution in [0.2, 0.25) is 0 Å². The van der Waals surface area contributed by atoms with E-state index in [0.29, 0.717) is 30.9 Å². The van der Waals surface area contributed by atoms with E-state index >= 15 is 0 Å². The number of benzene rings is 1. The van der Waals surface area contributed by atoms with E-state index < -0.39 is 18.2 Å². The molecule has 118 valence electrons. The number of aliphatic carboxylic acids is 1. The molecule has 0 spiro atoms. The van der Waals surface area contributed by atoms with Gasteiger partial charge in [0.05, 0.1) is 6.54 Å². The minimum Gasteiger partial charge on any atom is -0.486 e. The highest BCUT2D eigenvalue weighted by atomic mass is 16.6. The average molecular weight is 307 g/mol. The first kappa shape index (κ1) is 14.6. The highest BCUT2D eigenvalue weighted by Crippen LogP contribution is 2.30. The zero-order valence-electron chi connectivity index (χ0n) is 11.9. The molecule has 7 heteroatoms. The van der Waals surface area contributed by atoms with Gasteiger partial charge >= 0.3 is 5.97 Å². The minimum absolute atomic E-state index is 0.282. The van der Waals surface area contributed by atoms with Gasteiger partial charge in [0.15, 0.2) is 17.6 Å². The van der Waals surface area contributed by atoms with Crippen molar-refractivity contribution >= 4 is 11.9 Å². The maximum Gasteiger partial charge on any atom is 0.332 e. The number of rotatable bonds is 4. The van der Waals surface area contributed by atoms with Crippen molar-refractivity contribution < 1.29 is 28.9 Å². The van der Waals surface area contributed by atoms with Crippen LogP contribution in [0.3, 0.4) is 0 Å². The third kappa shape index (κ3) is 3.14. The smallest absolute Gasteiger partial charge is 0.332 e. The summed E-state index contributed by atoms with van der Waals surface area (Å²) in [5.74, 6) is -0.00770. The topological polar surface area (TPSA) is 94.1 Å². The Morgan fingerprint density at radius 2 is 1.91 bits per heavy atom. The Bertz CT molecular complexity index is 575. The summed E-state index contributed by atoms with van der Waals surface area (Å²) in [6, 6.07) is 7.34. The first-order valence-electron chi connectivity index (χ1n) is 7.18. The van der Waals surface area contributed by atoms with Gasteiger partial charge in [-0.1, -0.05) is 12.1 Å². The number of carbonyl (C=O) groups is 2. The van der Waals surface area contributed by atoms with Crippen LogP contribution >= 0.6 is 0 Å². The van der Waals surface area contributed by atoms with Gasteiger partial charge in [-0.25, -0.2) is 4.79 Å². The van der Waals surface area contributed by atoms with Crippen molar-refractivity contribution in [1.29, 1.82) is 0 Å². The Morgan fingerprint density at radius 3 is 2.64 bits per heavy atom. The molecule has 0 saturated carbocycles. The first-order valence-corrected chi connectivity index (χ1v) is 7.18. The highest BCUT2D eigenvalue weighted by molar-refractivity contribution is 5.82. The van der Waals surface area contributed by atoms with Crippen LogP contribution in [0.4, 0.5) is 0 Å². The van der Waals surface area contributed by atoms with Gasteiger partial charge in [0.25, 0.3) is 0 Å². The maximum absolute atomic E-state index is 12.0. The molecular formula is C15H17NO6. The number of carboxylic acid groups (broad SMARTS) is 1. The Balaban J connectivity index is 1.47. The standard InChI is InChI=1S/C15H17NO6/c17-14(12-5-6-13(22-12)15(18)19)16-7-9-8-20-10-3-1-2-4-11(10)21-9/h1-4,9,12-13H,5-8H2,(H,16,17)(H,18,19)/t9?,12-,13+/m0/s1. The Hall–Kier alpha value is -2.28. The van der Waals surface area contributed by atoms with Crippen LogP contribution in [-0.4, -0.2) is 48.4 Å². The molecule has 1 unspecified atom stereocenters. The van der Waals surface area contributed by atoms with Crippen LogP contribution in [0.1, 0.15) is 12.8 Å². The fourth-order valence-corrected chi connectivity index (χ4v) is 2.50. The van der Waals surface area contributed by atoms with E-state index in [1.165, 1.54) is 0 Å². The predicted octanol–water partition coefficient (Wildman–Crippen LogP) is 0.575. The van der Waals surface area contributed by atoms with Crippen molar-refractivity contribution in [3.63, 3.8) is 0 Å². The van der Waals surface area contributed by atoms with E-state index in [4.69, 9.17) is 19.3 Å². The van der Waals surface area contributed by atoms with Gasteiger partial charge in [0, 0.05) is 0 Å². The lowest BCUT2D eigenvalue weighted by Gasteiger charge is -2.26. The molecular weight excluding hydrogens is 290 g/mol. The zero-order valence-corrected chi connectivity index (χ0v) is 11.9. The SMILES string of the molecule is O=C(NCC1COc2ccccc2O1)[C@@H]1CC[C@H](C(=O)O)O1. The molecule has 3 rings (SSSR count). The number of amides is 1. The van der Waals surface area contributed by atoms with Crippen LogP contribution in [0.5, 0.6) is 11.5 Å². The monoisotopic (exact) mass is 307 g/mol. The summed E-state index contributed by atoms with van der Waals surface area (Å²) in [4.78, 5) is 22.8. The van der Waals surface area contributed by atoms with Crippen molar-refractivity contribution in [3.05, 3.63) is 24.3 Å². The second-order valence-corrected chi connectivity index (χ2v) is 5.27. The molecule has 1 amide bonds. The van der Waals surface area contributed by atoms with Crippen LogP contribution in [0.25, 0.3) is 0 Å². The summed E-state index contributed by atoms with van der Waals surface area (Å²) in [7, 11) is 0. The summed E-state index contributed by atoms with van der Waals surface area (Å²) >= 11 is 0. The van der Waals surface area contributed by atoms with Gasteiger partial charge in [-0.2, -0.15) is 0 Å². The number of ether oxygens (including phenoxy) is 3. The average Bonchev–Trinajstić information content (AvgIpc) is 3.03. The Labute approximate surface area is 127 Å².